The summed E-state index contributed by atoms with van der Waals surface area (Å²) in [4.78, 5) is 5.20. The van der Waals surface area contributed by atoms with Crippen LogP contribution in [0.3, 0.4) is 0 Å². The first kappa shape index (κ1) is 47.9. The Morgan fingerprint density at radius 3 is 1.35 bits per heavy atom. The molecule has 6 aromatic rings. The Morgan fingerprint density at radius 2 is 0.909 bits per heavy atom. The number of hydrogen-bond acceptors (Lipinski definition) is 2. The minimum absolute atomic E-state index is 0. The predicted octanol–water partition coefficient (Wildman–Crippen LogP) is 15.7. The fourth-order valence-electron chi connectivity index (χ4n) is 10.5. The Hall–Kier alpha value is -4.62. The van der Waals surface area contributed by atoms with Crippen LogP contribution >= 0.6 is 30.1 Å². The van der Waals surface area contributed by atoms with Crippen molar-refractivity contribution in [3.8, 4) is 0 Å². The average Bonchev–Trinajstić information content (AvgIpc) is 3.94. The Labute approximate surface area is 417 Å². The van der Waals surface area contributed by atoms with E-state index in [0.717, 1.165) is 29.8 Å². The molecule has 0 amide bonds. The number of alkyl halides is 1. The maximum atomic E-state index is 8.18. The van der Waals surface area contributed by atoms with E-state index in [0.29, 0.717) is 28.7 Å². The van der Waals surface area contributed by atoms with Gasteiger partial charge in [0.1, 0.15) is 5.82 Å². The quantitative estimate of drug-likeness (QED) is 0.0766. The maximum Gasteiger partial charge on any atom is 2.00 e. The number of rotatable bonds is 10. The van der Waals surface area contributed by atoms with Crippen molar-refractivity contribution in [2.75, 3.05) is 22.9 Å². The minimum Gasteiger partial charge on any atom is -0.325 e. The summed E-state index contributed by atoms with van der Waals surface area (Å²) in [5.41, 5.74) is 13.9. The van der Waals surface area contributed by atoms with Crippen LogP contribution in [0.2, 0.25) is 0 Å². The van der Waals surface area contributed by atoms with E-state index < -0.39 is 12.3 Å². The fraction of sp³-hybridized carbons (Fsp3) is 0.250. The van der Waals surface area contributed by atoms with Crippen molar-refractivity contribution in [1.82, 2.24) is 0 Å². The Balaban J connectivity index is 0.00000592. The number of hydrogen-bond donors (Lipinski definition) is 0. The van der Waals surface area contributed by atoms with Gasteiger partial charge in [-0.2, -0.15) is 0 Å². The monoisotopic (exact) mass is 1010 g/mol. The number of benzene rings is 6. The molecule has 3 aliphatic rings. The summed E-state index contributed by atoms with van der Waals surface area (Å²) in [6.07, 6.45) is 7.15. The first-order valence-corrected chi connectivity index (χ1v) is 26.1. The van der Waals surface area contributed by atoms with Crippen LogP contribution in [0, 0.1) is 0 Å². The second kappa shape index (κ2) is 19.9. The molecule has 1 heterocycles. The first-order chi connectivity index (χ1) is 31.4. The molecule has 0 N–H and O–H groups in total. The zero-order chi connectivity index (χ0) is 45.6. The summed E-state index contributed by atoms with van der Waals surface area (Å²) < 4.78 is 0. The van der Waals surface area contributed by atoms with Crippen LogP contribution in [0.5, 0.6) is 0 Å². The van der Waals surface area contributed by atoms with E-state index in [2.05, 4.69) is 235 Å². The molecule has 6 aromatic carbocycles. The second-order valence-electron chi connectivity index (χ2n) is 18.9. The van der Waals surface area contributed by atoms with E-state index in [1.807, 2.05) is 0 Å². The standard InChI is InChI=1S/C60H61Cl2N2P.Ru/c1-39(2)46-30-20-31-47(40(3)4)58(46)63-36-37-64(59-48(41(5)6)32-21-33-49(59)42(7)8)60(63)52-34-35-54(57(62)56(52)61)65(44-24-14-10-15-25-44,45-26-16-11-17-27-45)55-38-53(43-22-12-9-13-23-43)50-28-18-19-29-51(50)55;/h9-35,38-42,56H,36-37H2,1-8H3;/q;+2. The number of para-hydroxylation sites is 2. The van der Waals surface area contributed by atoms with Crippen molar-refractivity contribution in [2.45, 2.75) is 84.4 Å². The van der Waals surface area contributed by atoms with Crippen molar-refractivity contribution in [3.63, 3.8) is 0 Å². The number of halogens is 2. The second-order valence-corrected chi connectivity index (χ2v) is 23.1. The maximum absolute atomic E-state index is 8.18. The van der Waals surface area contributed by atoms with Crippen LogP contribution in [0.4, 0.5) is 11.4 Å². The topological polar surface area (TPSA) is 6.48 Å². The molecule has 336 valence electrons. The average molecular weight is 1010 g/mol. The van der Waals surface area contributed by atoms with Crippen molar-refractivity contribution in [3.05, 3.63) is 231 Å². The number of fused-ring (bicyclic) bond motifs is 1. The third kappa shape index (κ3) is 8.28. The summed E-state index contributed by atoms with van der Waals surface area (Å²) in [7, 11) is 0. The van der Waals surface area contributed by atoms with Gasteiger partial charge in [-0.3, -0.25) is 0 Å². The number of anilines is 2. The van der Waals surface area contributed by atoms with Crippen LogP contribution < -0.4 is 20.4 Å². The Bertz CT molecular complexity index is 2760. The summed E-state index contributed by atoms with van der Waals surface area (Å²) in [5.74, 6) is 2.42. The van der Waals surface area contributed by atoms with Gasteiger partial charge in [-0.05, 0) is 97.1 Å². The first-order valence-electron chi connectivity index (χ1n) is 23.5. The molecule has 1 saturated heterocycles. The molecular weight excluding hydrogens is 952 g/mol. The summed E-state index contributed by atoms with van der Waals surface area (Å²) >= 11 is 16.4. The van der Waals surface area contributed by atoms with E-state index in [9.17, 15) is 0 Å². The molecule has 66 heavy (non-hydrogen) atoms. The van der Waals surface area contributed by atoms with Crippen LogP contribution in [0.1, 0.15) is 118 Å². The molecule has 9 rings (SSSR count). The molecule has 6 heteroatoms. The van der Waals surface area contributed by atoms with Crippen LogP contribution in [-0.4, -0.2) is 23.8 Å². The molecule has 0 saturated carbocycles. The van der Waals surface area contributed by atoms with Gasteiger partial charge < -0.3 is 9.80 Å². The molecule has 1 unspecified atom stereocenters. The molecular formula is C60H61Cl2N2PRu+2. The van der Waals surface area contributed by atoms with E-state index in [4.69, 9.17) is 23.2 Å². The third-order valence-corrected chi connectivity index (χ3v) is 19.0. The molecule has 2 nitrogen and oxygen atoms in total. The van der Waals surface area contributed by atoms with Gasteiger partial charge in [0.15, 0.2) is 0 Å². The van der Waals surface area contributed by atoms with Gasteiger partial charge in [-0.1, -0.05) is 231 Å². The molecule has 1 fully saturated rings. The summed E-state index contributed by atoms with van der Waals surface area (Å²) in [6.45, 7) is 17.5. The van der Waals surface area contributed by atoms with E-state index in [1.165, 1.54) is 71.8 Å². The van der Waals surface area contributed by atoms with Gasteiger partial charge in [-0.25, -0.2) is 0 Å². The largest absolute Gasteiger partial charge is 2.00 e. The van der Waals surface area contributed by atoms with Crippen molar-refractivity contribution in [1.29, 1.82) is 0 Å². The van der Waals surface area contributed by atoms with E-state index in [1.54, 1.807) is 0 Å². The molecule has 1 atom stereocenters. The van der Waals surface area contributed by atoms with Crippen molar-refractivity contribution < 1.29 is 19.5 Å². The van der Waals surface area contributed by atoms with E-state index >= 15 is 0 Å². The molecule has 2 aliphatic carbocycles. The van der Waals surface area contributed by atoms with Gasteiger partial charge in [-0.15, -0.1) is 11.6 Å². The summed E-state index contributed by atoms with van der Waals surface area (Å²) in [6, 6.07) is 55.6. The number of nitrogens with zero attached hydrogens (tertiary/aromatic N) is 2. The fourth-order valence-corrected chi connectivity index (χ4v) is 16.0. The smallest absolute Gasteiger partial charge is 0.325 e. The molecule has 0 aromatic heterocycles. The van der Waals surface area contributed by atoms with Gasteiger partial charge in [0.25, 0.3) is 0 Å². The zero-order valence-electron chi connectivity index (χ0n) is 39.4. The zero-order valence-corrected chi connectivity index (χ0v) is 43.6. The predicted molar refractivity (Wildman–Crippen MR) is 286 cm³/mol. The SMILES string of the molecule is CC(C)c1cccc(C(C)C)c1N1CCN(c2c(C(C)C)cccc2C(C)C)C1=C1C=CC(P(=C2C=C(c3ccccc3)c3ccccc32)(c2ccccc2)c2ccccc2)=C(Cl)C1Cl.[Ru+2]. The van der Waals surface area contributed by atoms with Crippen LogP contribution in [0.25, 0.3) is 5.57 Å². The summed E-state index contributed by atoms with van der Waals surface area (Å²) in [5, 5.41) is 4.90. The number of allylic oxidation sites excluding steroid dienone is 6. The van der Waals surface area contributed by atoms with Crippen molar-refractivity contribution >= 4 is 62.9 Å². The Morgan fingerprint density at radius 1 is 0.500 bits per heavy atom. The van der Waals surface area contributed by atoms with Gasteiger partial charge >= 0.3 is 19.5 Å². The van der Waals surface area contributed by atoms with Gasteiger partial charge in [0.05, 0.1) is 5.38 Å². The molecule has 0 bridgehead atoms. The van der Waals surface area contributed by atoms with Crippen molar-refractivity contribution in [2.24, 2.45) is 0 Å². The molecule has 0 radical (unpaired) electrons. The normalized spacial score (nSPS) is 16.3. The molecule has 0 spiro atoms. The Kier molecular flexibility index (Phi) is 14.4. The van der Waals surface area contributed by atoms with Crippen LogP contribution in [-0.2, 0) is 19.5 Å². The van der Waals surface area contributed by atoms with Gasteiger partial charge in [0.2, 0.25) is 0 Å². The van der Waals surface area contributed by atoms with Crippen LogP contribution in [0.15, 0.2) is 192 Å². The minimum atomic E-state index is -2.73. The van der Waals surface area contributed by atoms with E-state index in [-0.39, 0.29) is 19.5 Å². The molecule has 1 aliphatic heterocycles. The van der Waals surface area contributed by atoms with Gasteiger partial charge in [0, 0.05) is 40.4 Å². The third-order valence-electron chi connectivity index (χ3n) is 13.6.